The van der Waals surface area contributed by atoms with Crippen molar-refractivity contribution in [2.45, 2.75) is 13.3 Å². The molecule has 2 aromatic heterocycles. The van der Waals surface area contributed by atoms with Crippen LogP contribution in [0.1, 0.15) is 18.2 Å². The van der Waals surface area contributed by atoms with Gasteiger partial charge in [0.1, 0.15) is 5.57 Å². The normalized spacial score (nSPS) is 14.7. The number of anilines is 1. The molecule has 37 heavy (non-hydrogen) atoms. The van der Waals surface area contributed by atoms with Crippen molar-refractivity contribution in [3.63, 3.8) is 0 Å². The van der Waals surface area contributed by atoms with E-state index in [1.165, 1.54) is 4.68 Å². The zero-order chi connectivity index (χ0) is 25.7. The molecule has 6 rings (SSSR count). The number of nitrogens with zero attached hydrogens (tertiary/aromatic N) is 4. The Labute approximate surface area is 216 Å². The van der Waals surface area contributed by atoms with Gasteiger partial charge in [0, 0.05) is 28.8 Å². The molecule has 0 fully saturated rings. The van der Waals surface area contributed by atoms with Crippen LogP contribution in [-0.2, 0) is 16.0 Å². The maximum Gasteiger partial charge on any atom is 0.331 e. The molecule has 0 saturated heterocycles. The number of aryl methyl sites for hydroxylation is 1. The predicted molar refractivity (Wildman–Crippen MR) is 132 cm³/mol. The lowest BCUT2D eigenvalue weighted by Gasteiger charge is -2.16. The number of imide groups is 1. The quantitative estimate of drug-likeness (QED) is 0.300. The fourth-order valence-corrected chi connectivity index (χ4v) is 4.62. The molecule has 4 aromatic rings. The molecule has 9 nitrogen and oxygen atoms in total. The average Bonchev–Trinajstić information content (AvgIpc) is 3.58. The molecular formula is C27H19ClN4O5. The highest BCUT2D eigenvalue weighted by Crippen LogP contribution is 2.41. The number of fused-ring (bicyclic) bond motifs is 1. The van der Waals surface area contributed by atoms with Gasteiger partial charge in [-0.25, -0.2) is 9.58 Å². The van der Waals surface area contributed by atoms with Crippen LogP contribution >= 0.6 is 11.6 Å². The first-order valence-corrected chi connectivity index (χ1v) is 11.9. The van der Waals surface area contributed by atoms with E-state index in [1.54, 1.807) is 77.6 Å². The Morgan fingerprint density at radius 3 is 2.41 bits per heavy atom. The molecule has 10 heteroatoms. The maximum absolute atomic E-state index is 14.0. The number of carbonyl (C=O) groups excluding carboxylic acids is 2. The van der Waals surface area contributed by atoms with Crippen LogP contribution in [0.4, 0.5) is 5.69 Å². The van der Waals surface area contributed by atoms with E-state index in [2.05, 4.69) is 5.10 Å². The van der Waals surface area contributed by atoms with Gasteiger partial charge in [-0.15, -0.1) is 0 Å². The van der Waals surface area contributed by atoms with Gasteiger partial charge in [-0.2, -0.15) is 9.67 Å². The predicted octanol–water partition coefficient (Wildman–Crippen LogP) is 3.12. The summed E-state index contributed by atoms with van der Waals surface area (Å²) >= 11 is 6.02. The number of aromatic nitrogens is 3. The van der Waals surface area contributed by atoms with Gasteiger partial charge >= 0.3 is 5.91 Å². The highest BCUT2D eigenvalue weighted by molar-refractivity contribution is 6.53. The number of benzene rings is 2. The van der Waals surface area contributed by atoms with Crippen LogP contribution in [-0.4, -0.2) is 28.4 Å². The van der Waals surface area contributed by atoms with E-state index in [0.29, 0.717) is 40.0 Å². The molecular weight excluding hydrogens is 496 g/mol. The Bertz CT molecular complexity index is 1600. The van der Waals surface area contributed by atoms with Crippen LogP contribution in [0.15, 0.2) is 73.1 Å². The van der Waals surface area contributed by atoms with Crippen molar-refractivity contribution in [3.8, 4) is 23.1 Å². The number of rotatable bonds is 5. The summed E-state index contributed by atoms with van der Waals surface area (Å²) in [4.78, 5) is 28.9. The van der Waals surface area contributed by atoms with Crippen molar-refractivity contribution in [2.24, 2.45) is 0 Å². The molecule has 0 atom stereocenters. The van der Waals surface area contributed by atoms with E-state index >= 15 is 0 Å². The summed E-state index contributed by atoms with van der Waals surface area (Å²) in [5.41, 5.74) is 1.34. The van der Waals surface area contributed by atoms with Crippen LogP contribution in [0.2, 0.25) is 5.02 Å². The van der Waals surface area contributed by atoms with Crippen LogP contribution in [0.3, 0.4) is 0 Å². The molecule has 2 aromatic carbocycles. The zero-order valence-electron chi connectivity index (χ0n) is 19.6. The van der Waals surface area contributed by atoms with Gasteiger partial charge in [0.2, 0.25) is 6.79 Å². The topological polar surface area (TPSA) is 101 Å². The Morgan fingerprint density at radius 1 is 0.973 bits per heavy atom. The van der Waals surface area contributed by atoms with Gasteiger partial charge in [-0.1, -0.05) is 24.6 Å². The molecule has 0 radical (unpaired) electrons. The van der Waals surface area contributed by atoms with Crippen molar-refractivity contribution in [1.82, 2.24) is 9.78 Å². The van der Waals surface area contributed by atoms with Crippen molar-refractivity contribution < 1.29 is 28.7 Å². The summed E-state index contributed by atoms with van der Waals surface area (Å²) in [7, 11) is 0. The van der Waals surface area contributed by atoms with E-state index in [4.69, 9.17) is 21.1 Å². The molecule has 0 saturated carbocycles. The third-order valence-corrected chi connectivity index (χ3v) is 6.47. The van der Waals surface area contributed by atoms with Gasteiger partial charge in [0.15, 0.2) is 23.9 Å². The molecule has 4 heterocycles. The number of amides is 2. The van der Waals surface area contributed by atoms with Gasteiger partial charge in [0.25, 0.3) is 11.6 Å². The number of ether oxygens (including phenoxy) is 2. The van der Waals surface area contributed by atoms with Crippen LogP contribution in [0.5, 0.6) is 17.4 Å². The Hall–Kier alpha value is -4.63. The van der Waals surface area contributed by atoms with Crippen LogP contribution in [0.25, 0.3) is 17.0 Å². The lowest BCUT2D eigenvalue weighted by atomic mass is 10.0. The zero-order valence-corrected chi connectivity index (χ0v) is 20.3. The van der Waals surface area contributed by atoms with Gasteiger partial charge in [0.05, 0.1) is 17.1 Å². The largest absolute Gasteiger partial charge is 0.858 e. The Balaban J connectivity index is 1.55. The maximum atomic E-state index is 14.0. The van der Waals surface area contributed by atoms with E-state index in [-0.39, 0.29) is 23.6 Å². The van der Waals surface area contributed by atoms with Crippen molar-refractivity contribution in [2.75, 3.05) is 11.7 Å². The molecule has 0 unspecified atom stereocenters. The average molecular weight is 515 g/mol. The summed E-state index contributed by atoms with van der Waals surface area (Å²) in [6.45, 7) is 1.89. The number of carbonyl (C=O) groups is 2. The first-order chi connectivity index (χ1) is 18.0. The second kappa shape index (κ2) is 8.79. The molecule has 184 valence electrons. The van der Waals surface area contributed by atoms with Crippen LogP contribution in [0, 0.1) is 0 Å². The summed E-state index contributed by atoms with van der Waals surface area (Å²) < 4.78 is 13.6. The fourth-order valence-electron chi connectivity index (χ4n) is 4.49. The monoisotopic (exact) mass is 514 g/mol. The summed E-state index contributed by atoms with van der Waals surface area (Å²) in [5, 5.41) is 18.8. The second-order valence-corrected chi connectivity index (χ2v) is 8.79. The minimum absolute atomic E-state index is 0.0130. The summed E-state index contributed by atoms with van der Waals surface area (Å²) in [6.07, 6.45) is 3.68. The van der Waals surface area contributed by atoms with E-state index in [0.717, 1.165) is 4.90 Å². The number of halogens is 1. The van der Waals surface area contributed by atoms with Crippen molar-refractivity contribution in [3.05, 3.63) is 89.3 Å². The Morgan fingerprint density at radius 2 is 1.68 bits per heavy atom. The van der Waals surface area contributed by atoms with Crippen molar-refractivity contribution in [1.29, 1.82) is 0 Å². The second-order valence-electron chi connectivity index (χ2n) is 8.36. The molecule has 2 aliphatic heterocycles. The minimum Gasteiger partial charge on any atom is -0.858 e. The molecule has 0 bridgehead atoms. The summed E-state index contributed by atoms with van der Waals surface area (Å²) in [6, 6.07) is 16.7. The van der Waals surface area contributed by atoms with Crippen LogP contribution < -0.4 is 24.0 Å². The van der Waals surface area contributed by atoms with Crippen molar-refractivity contribution >= 4 is 40.4 Å². The first-order valence-electron chi connectivity index (χ1n) is 11.5. The van der Waals surface area contributed by atoms with Gasteiger partial charge in [-0.05, 0) is 48.7 Å². The fraction of sp³-hybridized carbons (Fsp3) is 0.111. The molecule has 2 aliphatic rings. The number of hydrogen-bond acceptors (Lipinski definition) is 6. The smallest absolute Gasteiger partial charge is 0.331 e. The molecule has 0 N–H and O–H groups in total. The Kier molecular flexibility index (Phi) is 5.42. The molecule has 2 amide bonds. The van der Waals surface area contributed by atoms with E-state index in [1.807, 2.05) is 6.92 Å². The minimum atomic E-state index is -0.627. The third kappa shape index (κ3) is 3.63. The van der Waals surface area contributed by atoms with E-state index < -0.39 is 17.7 Å². The lowest BCUT2D eigenvalue weighted by Crippen LogP contribution is -2.39. The van der Waals surface area contributed by atoms with Gasteiger partial charge in [-0.3, -0.25) is 9.59 Å². The summed E-state index contributed by atoms with van der Waals surface area (Å²) in [5.74, 6) is -0.756. The molecule has 0 spiro atoms. The highest BCUT2D eigenvalue weighted by Gasteiger charge is 2.47. The standard InChI is InChI=1S/C27H19ClN4O5/c1-2-19-22(26(34)32(29-19)17-8-6-16(28)7-9-17)23-24(30-12-4-3-5-13-30)27(35)31(25(23)33)18-10-11-20-21(14-18)37-15-36-20/h3-14H,2,15H2,1H3. The number of pyridine rings is 1. The van der Waals surface area contributed by atoms with E-state index in [9.17, 15) is 14.7 Å². The molecule has 0 aliphatic carbocycles. The number of hydrogen-bond donors (Lipinski definition) is 0. The third-order valence-electron chi connectivity index (χ3n) is 6.22. The highest BCUT2D eigenvalue weighted by atomic mass is 35.5. The lowest BCUT2D eigenvalue weighted by molar-refractivity contribution is -0.576. The first kappa shape index (κ1) is 22.8. The SMILES string of the molecule is CCc1nn(-c2ccc(Cl)cc2)c([O-])c1C1=C([n+]2ccccc2)C(=O)N(c2ccc3c(c2)OCO3)C1=O. The van der Waals surface area contributed by atoms with Gasteiger partial charge < -0.3 is 14.6 Å².